The molecule has 2 rings (SSSR count). The maximum absolute atomic E-state index is 11.6. The van der Waals surface area contributed by atoms with E-state index in [2.05, 4.69) is 6.92 Å². The highest BCUT2D eigenvalue weighted by Crippen LogP contribution is 2.30. The molecule has 2 aliphatic heterocycles. The molecule has 0 bridgehead atoms. The number of piperidine rings is 1. The summed E-state index contributed by atoms with van der Waals surface area (Å²) in [4.78, 5) is 0. The first kappa shape index (κ1) is 16.2. The number of hydrogen-bond acceptors (Lipinski definition) is 4. The fourth-order valence-electron chi connectivity index (χ4n) is 3.66. The number of rotatable bonds is 5. The minimum atomic E-state index is -3.06. The number of hydrogen-bond donors (Lipinski definition) is 1. The van der Waals surface area contributed by atoms with Gasteiger partial charge in [-0.05, 0) is 38.0 Å². The topological polar surface area (TPSA) is 72.6 Å². The maximum atomic E-state index is 11.6. The monoisotopic (exact) mass is 304 g/mol. The Kier molecular flexibility index (Phi) is 5.45. The summed E-state index contributed by atoms with van der Waals surface area (Å²) in [5.74, 6) is 0.834. The van der Waals surface area contributed by atoms with Crippen molar-refractivity contribution >= 4 is 10.0 Å². The molecule has 0 aromatic rings. The lowest BCUT2D eigenvalue weighted by Gasteiger charge is -2.34. The molecular formula is C14H28N2O3S. The quantitative estimate of drug-likeness (QED) is 0.828. The fraction of sp³-hybridized carbons (Fsp3) is 1.00. The van der Waals surface area contributed by atoms with Gasteiger partial charge in [0.05, 0.1) is 12.4 Å². The molecule has 4 unspecified atom stereocenters. The first-order chi connectivity index (χ1) is 9.41. The largest absolute Gasteiger partial charge is 0.378 e. The molecule has 5 nitrogen and oxygen atoms in total. The minimum Gasteiger partial charge on any atom is -0.378 e. The summed E-state index contributed by atoms with van der Waals surface area (Å²) in [6.45, 7) is 4.25. The second kappa shape index (κ2) is 6.73. The molecule has 118 valence electrons. The summed E-state index contributed by atoms with van der Waals surface area (Å²) in [5.41, 5.74) is 6.38. The Morgan fingerprint density at radius 2 is 2.15 bits per heavy atom. The molecule has 2 fully saturated rings. The molecule has 0 amide bonds. The van der Waals surface area contributed by atoms with E-state index < -0.39 is 10.0 Å². The van der Waals surface area contributed by atoms with E-state index >= 15 is 0 Å². The van der Waals surface area contributed by atoms with Gasteiger partial charge in [0.25, 0.3) is 0 Å². The molecule has 0 aromatic carbocycles. The zero-order valence-corrected chi connectivity index (χ0v) is 13.4. The molecule has 0 saturated carbocycles. The number of sulfonamides is 1. The van der Waals surface area contributed by atoms with Crippen molar-refractivity contribution < 1.29 is 13.2 Å². The number of ether oxygens (including phenoxy) is 1. The van der Waals surface area contributed by atoms with Crippen LogP contribution in [0.5, 0.6) is 0 Å². The lowest BCUT2D eigenvalue weighted by molar-refractivity contribution is 0.0774. The van der Waals surface area contributed by atoms with Gasteiger partial charge in [0.1, 0.15) is 0 Å². The zero-order chi connectivity index (χ0) is 14.8. The molecule has 20 heavy (non-hydrogen) atoms. The molecule has 2 saturated heterocycles. The maximum Gasteiger partial charge on any atom is 0.211 e. The van der Waals surface area contributed by atoms with Crippen molar-refractivity contribution in [2.24, 2.45) is 17.6 Å². The lowest BCUT2D eigenvalue weighted by atomic mass is 9.83. The Morgan fingerprint density at radius 1 is 1.40 bits per heavy atom. The van der Waals surface area contributed by atoms with E-state index in [1.165, 1.54) is 6.26 Å². The lowest BCUT2D eigenvalue weighted by Crippen LogP contribution is -2.43. The van der Waals surface area contributed by atoms with Crippen LogP contribution in [0.2, 0.25) is 0 Å². The first-order valence-electron chi connectivity index (χ1n) is 7.74. The van der Waals surface area contributed by atoms with Crippen molar-refractivity contribution in [1.29, 1.82) is 0 Å². The fourth-order valence-corrected chi connectivity index (χ4v) is 4.60. The van der Waals surface area contributed by atoms with Crippen LogP contribution < -0.4 is 5.73 Å². The van der Waals surface area contributed by atoms with E-state index in [1.807, 2.05) is 0 Å². The van der Waals surface area contributed by atoms with Crippen LogP contribution in [-0.2, 0) is 14.8 Å². The molecule has 2 heterocycles. The minimum absolute atomic E-state index is 0.131. The highest BCUT2D eigenvalue weighted by atomic mass is 32.2. The summed E-state index contributed by atoms with van der Waals surface area (Å²) >= 11 is 0. The van der Waals surface area contributed by atoms with Crippen molar-refractivity contribution in [2.75, 3.05) is 26.0 Å². The summed E-state index contributed by atoms with van der Waals surface area (Å²) < 4.78 is 30.6. The number of nitrogens with zero attached hydrogens (tertiary/aromatic N) is 1. The van der Waals surface area contributed by atoms with Gasteiger partial charge in [0.2, 0.25) is 10.0 Å². The van der Waals surface area contributed by atoms with Crippen LogP contribution in [0.25, 0.3) is 0 Å². The van der Waals surface area contributed by atoms with Crippen LogP contribution in [0.1, 0.15) is 39.0 Å². The molecule has 0 spiro atoms. The second-order valence-electron chi connectivity index (χ2n) is 6.30. The molecule has 4 atom stereocenters. The van der Waals surface area contributed by atoms with Crippen molar-refractivity contribution in [1.82, 2.24) is 4.31 Å². The predicted molar refractivity (Wildman–Crippen MR) is 79.9 cm³/mol. The van der Waals surface area contributed by atoms with Gasteiger partial charge >= 0.3 is 0 Å². The Labute approximate surface area is 122 Å². The van der Waals surface area contributed by atoms with E-state index in [0.717, 1.165) is 38.7 Å². The number of nitrogens with two attached hydrogens (primary N) is 1. The van der Waals surface area contributed by atoms with Crippen molar-refractivity contribution in [3.8, 4) is 0 Å². The predicted octanol–water partition coefficient (Wildman–Crippen LogP) is 1.19. The third kappa shape index (κ3) is 3.93. The van der Waals surface area contributed by atoms with Crippen LogP contribution in [0.3, 0.4) is 0 Å². The van der Waals surface area contributed by atoms with Crippen LogP contribution in [-0.4, -0.2) is 50.8 Å². The third-order valence-electron chi connectivity index (χ3n) is 4.77. The average Bonchev–Trinajstić information content (AvgIpc) is 2.86. The summed E-state index contributed by atoms with van der Waals surface area (Å²) in [6, 6.07) is 0.131. The van der Waals surface area contributed by atoms with Gasteiger partial charge in [-0.25, -0.2) is 12.7 Å². The van der Waals surface area contributed by atoms with Gasteiger partial charge in [0.15, 0.2) is 0 Å². The summed E-state index contributed by atoms with van der Waals surface area (Å²) in [5, 5.41) is 0. The smallest absolute Gasteiger partial charge is 0.211 e. The SMILES string of the molecule is CCC1OCCC1C(N)CC1CCCN(S(C)(=O)=O)C1. The van der Waals surface area contributed by atoms with E-state index in [1.54, 1.807) is 4.31 Å². The van der Waals surface area contributed by atoms with E-state index in [0.29, 0.717) is 31.0 Å². The highest BCUT2D eigenvalue weighted by molar-refractivity contribution is 7.88. The molecule has 0 aliphatic carbocycles. The molecule has 2 aliphatic rings. The van der Waals surface area contributed by atoms with Gasteiger partial charge in [0, 0.05) is 31.7 Å². The molecular weight excluding hydrogens is 276 g/mol. The second-order valence-corrected chi connectivity index (χ2v) is 8.28. The van der Waals surface area contributed by atoms with Gasteiger partial charge in [-0.15, -0.1) is 0 Å². The van der Waals surface area contributed by atoms with E-state index in [9.17, 15) is 8.42 Å². The van der Waals surface area contributed by atoms with E-state index in [-0.39, 0.29) is 6.04 Å². The summed E-state index contributed by atoms with van der Waals surface area (Å²) in [6.07, 6.45) is 6.59. The van der Waals surface area contributed by atoms with Gasteiger partial charge in [-0.3, -0.25) is 0 Å². The Balaban J connectivity index is 1.89. The standard InChI is InChI=1S/C14H28N2O3S/c1-3-14-12(6-8-19-14)13(15)9-11-5-4-7-16(10-11)20(2,17)18/h11-14H,3-10,15H2,1-2H3. The summed E-state index contributed by atoms with van der Waals surface area (Å²) in [7, 11) is -3.06. The molecule has 0 aromatic heterocycles. The zero-order valence-electron chi connectivity index (χ0n) is 12.6. The van der Waals surface area contributed by atoms with Crippen LogP contribution >= 0.6 is 0 Å². The Hall–Kier alpha value is -0.170. The Morgan fingerprint density at radius 3 is 2.80 bits per heavy atom. The normalized spacial score (nSPS) is 34.2. The molecule has 0 radical (unpaired) electrons. The van der Waals surface area contributed by atoms with Crippen molar-refractivity contribution in [3.63, 3.8) is 0 Å². The molecule has 2 N–H and O–H groups in total. The molecule has 6 heteroatoms. The van der Waals surface area contributed by atoms with Gasteiger partial charge in [-0.1, -0.05) is 6.92 Å². The highest BCUT2D eigenvalue weighted by Gasteiger charge is 2.34. The first-order valence-corrected chi connectivity index (χ1v) is 9.59. The van der Waals surface area contributed by atoms with E-state index in [4.69, 9.17) is 10.5 Å². The average molecular weight is 304 g/mol. The van der Waals surface area contributed by atoms with Crippen LogP contribution in [0, 0.1) is 11.8 Å². The van der Waals surface area contributed by atoms with Gasteiger partial charge in [-0.2, -0.15) is 0 Å². The Bertz CT molecular complexity index is 413. The van der Waals surface area contributed by atoms with Crippen LogP contribution in [0.4, 0.5) is 0 Å². The van der Waals surface area contributed by atoms with Crippen molar-refractivity contribution in [3.05, 3.63) is 0 Å². The third-order valence-corrected chi connectivity index (χ3v) is 6.04. The van der Waals surface area contributed by atoms with Gasteiger partial charge < -0.3 is 10.5 Å². The van der Waals surface area contributed by atoms with Crippen LogP contribution in [0.15, 0.2) is 0 Å². The van der Waals surface area contributed by atoms with Crippen molar-refractivity contribution in [2.45, 2.75) is 51.2 Å².